The van der Waals surface area contributed by atoms with E-state index in [1.54, 1.807) is 12.1 Å². The number of likely N-dealkylation sites (N-methyl/N-ethyl adjacent to an activating group) is 1. The summed E-state index contributed by atoms with van der Waals surface area (Å²) in [4.78, 5) is 41.1. The molecule has 1 fully saturated rings. The minimum atomic E-state index is -0.417. The minimum absolute atomic E-state index is 0.139. The Morgan fingerprint density at radius 1 is 1.06 bits per heavy atom. The largest absolute Gasteiger partial charge is 0.378 e. The monoisotopic (exact) mass is 481 g/mol. The zero-order chi connectivity index (χ0) is 24.8. The highest BCUT2D eigenvalue weighted by Gasteiger charge is 2.27. The van der Waals surface area contributed by atoms with Gasteiger partial charge in [-0.3, -0.25) is 14.4 Å². The molecule has 0 bridgehead atoms. The Labute approximate surface area is 203 Å². The maximum Gasteiger partial charge on any atom is 0.270 e. The molecule has 2 aliphatic heterocycles. The van der Waals surface area contributed by atoms with Gasteiger partial charge in [-0.1, -0.05) is 12.1 Å². The number of amides is 3. The lowest BCUT2D eigenvalue weighted by Crippen LogP contribution is -2.42. The molecule has 4 rings (SSSR count). The standard InChI is InChI=1S/C25H28FN5O4/c1-29(17-23(32)27-20-6-8-21(9-7-20)30-12-14-35-15-13-30)25(34)22-10-11-24(33)31(28-22)16-18-2-4-19(26)5-3-18/h2-9H,10-17H2,1H3,(H,27,32). The van der Waals surface area contributed by atoms with Crippen LogP contribution in [-0.4, -0.2) is 73.2 Å². The van der Waals surface area contributed by atoms with Gasteiger partial charge in [-0.25, -0.2) is 9.40 Å². The number of hydrazone groups is 1. The minimum Gasteiger partial charge on any atom is -0.378 e. The van der Waals surface area contributed by atoms with Crippen LogP contribution in [0, 0.1) is 5.82 Å². The van der Waals surface area contributed by atoms with Crippen LogP contribution in [0.5, 0.6) is 0 Å². The van der Waals surface area contributed by atoms with Crippen molar-refractivity contribution in [3.8, 4) is 0 Å². The summed E-state index contributed by atoms with van der Waals surface area (Å²) in [5.74, 6) is -1.34. The van der Waals surface area contributed by atoms with Gasteiger partial charge in [-0.2, -0.15) is 5.10 Å². The molecule has 0 saturated carbocycles. The van der Waals surface area contributed by atoms with E-state index in [-0.39, 0.29) is 49.3 Å². The molecular weight excluding hydrogens is 453 g/mol. The maximum absolute atomic E-state index is 13.1. The van der Waals surface area contributed by atoms with Gasteiger partial charge < -0.3 is 19.9 Å². The Hall–Kier alpha value is -3.79. The van der Waals surface area contributed by atoms with Gasteiger partial charge in [-0.05, 0) is 42.0 Å². The fraction of sp³-hybridized carbons (Fsp3) is 0.360. The Balaban J connectivity index is 1.32. The van der Waals surface area contributed by atoms with E-state index < -0.39 is 5.91 Å². The van der Waals surface area contributed by atoms with Crippen LogP contribution in [0.2, 0.25) is 0 Å². The van der Waals surface area contributed by atoms with Crippen LogP contribution in [0.1, 0.15) is 18.4 Å². The van der Waals surface area contributed by atoms with Crippen LogP contribution in [0.4, 0.5) is 15.8 Å². The molecule has 2 aliphatic rings. The van der Waals surface area contributed by atoms with E-state index in [1.807, 2.05) is 24.3 Å². The summed E-state index contributed by atoms with van der Waals surface area (Å²) >= 11 is 0. The average molecular weight is 482 g/mol. The van der Waals surface area contributed by atoms with E-state index in [9.17, 15) is 18.8 Å². The highest BCUT2D eigenvalue weighted by Crippen LogP contribution is 2.19. The smallest absolute Gasteiger partial charge is 0.270 e. The Kier molecular flexibility index (Phi) is 7.71. The van der Waals surface area contributed by atoms with Crippen LogP contribution < -0.4 is 10.2 Å². The van der Waals surface area contributed by atoms with E-state index >= 15 is 0 Å². The van der Waals surface area contributed by atoms with Crippen molar-refractivity contribution in [3.05, 3.63) is 59.9 Å². The maximum atomic E-state index is 13.1. The molecule has 2 aromatic carbocycles. The van der Waals surface area contributed by atoms with Crippen LogP contribution in [-0.2, 0) is 25.7 Å². The summed E-state index contributed by atoms with van der Waals surface area (Å²) in [6, 6.07) is 13.3. The topological polar surface area (TPSA) is 94.6 Å². The van der Waals surface area contributed by atoms with Gasteiger partial charge >= 0.3 is 0 Å². The van der Waals surface area contributed by atoms with E-state index in [0.717, 1.165) is 18.8 Å². The van der Waals surface area contributed by atoms with Crippen molar-refractivity contribution in [2.45, 2.75) is 19.4 Å². The summed E-state index contributed by atoms with van der Waals surface area (Å²) in [5.41, 5.74) is 2.61. The van der Waals surface area contributed by atoms with Crippen molar-refractivity contribution in [2.75, 3.05) is 50.1 Å². The van der Waals surface area contributed by atoms with Gasteiger partial charge in [0.15, 0.2) is 0 Å². The van der Waals surface area contributed by atoms with E-state index in [4.69, 9.17) is 4.74 Å². The van der Waals surface area contributed by atoms with Gasteiger partial charge in [0.25, 0.3) is 5.91 Å². The second-order valence-corrected chi connectivity index (χ2v) is 8.48. The summed E-state index contributed by atoms with van der Waals surface area (Å²) in [6.45, 7) is 3.03. The first kappa shape index (κ1) is 24.3. The molecule has 1 N–H and O–H groups in total. The van der Waals surface area contributed by atoms with Crippen molar-refractivity contribution in [1.29, 1.82) is 0 Å². The van der Waals surface area contributed by atoms with Gasteiger partial charge in [0.2, 0.25) is 11.8 Å². The zero-order valence-electron chi connectivity index (χ0n) is 19.6. The predicted molar refractivity (Wildman–Crippen MR) is 129 cm³/mol. The third-order valence-electron chi connectivity index (χ3n) is 5.85. The normalized spacial score (nSPS) is 16.1. The average Bonchev–Trinajstić information content (AvgIpc) is 2.87. The molecule has 9 nitrogen and oxygen atoms in total. The Morgan fingerprint density at radius 2 is 1.74 bits per heavy atom. The number of carbonyl (C=O) groups is 3. The number of hydrogen-bond acceptors (Lipinski definition) is 6. The van der Waals surface area contributed by atoms with Gasteiger partial charge in [0.1, 0.15) is 11.5 Å². The molecule has 0 spiro atoms. The Morgan fingerprint density at radius 3 is 2.43 bits per heavy atom. The lowest BCUT2D eigenvalue weighted by atomic mass is 10.1. The summed E-state index contributed by atoms with van der Waals surface area (Å²) in [7, 11) is 1.52. The third-order valence-corrected chi connectivity index (χ3v) is 5.85. The van der Waals surface area contributed by atoms with Gasteiger partial charge in [0, 0.05) is 44.4 Å². The van der Waals surface area contributed by atoms with Crippen LogP contribution in [0.15, 0.2) is 53.6 Å². The van der Waals surface area contributed by atoms with Crippen molar-refractivity contribution >= 4 is 34.8 Å². The molecule has 0 aromatic heterocycles. The van der Waals surface area contributed by atoms with Crippen molar-refractivity contribution in [1.82, 2.24) is 9.91 Å². The number of benzene rings is 2. The van der Waals surface area contributed by atoms with Crippen LogP contribution in [0.25, 0.3) is 0 Å². The molecule has 184 valence electrons. The summed E-state index contributed by atoms with van der Waals surface area (Å²) < 4.78 is 18.5. The van der Waals surface area contributed by atoms with E-state index in [1.165, 1.54) is 29.1 Å². The fourth-order valence-electron chi connectivity index (χ4n) is 3.93. The lowest BCUT2D eigenvalue weighted by molar-refractivity contribution is -0.133. The highest BCUT2D eigenvalue weighted by atomic mass is 19.1. The molecule has 0 aliphatic carbocycles. The number of nitrogens with one attached hydrogen (secondary N) is 1. The predicted octanol–water partition coefficient (Wildman–Crippen LogP) is 2.24. The number of rotatable bonds is 7. The molecule has 0 radical (unpaired) electrons. The van der Waals surface area contributed by atoms with E-state index in [2.05, 4.69) is 15.3 Å². The molecule has 3 amide bonds. The molecule has 1 saturated heterocycles. The SMILES string of the molecule is CN(CC(=O)Nc1ccc(N2CCOCC2)cc1)C(=O)C1=NN(Cc2ccc(F)cc2)C(=O)CC1. The molecular formula is C25H28FN5O4. The molecule has 10 heteroatoms. The zero-order valence-corrected chi connectivity index (χ0v) is 19.6. The third kappa shape index (κ3) is 6.42. The summed E-state index contributed by atoms with van der Waals surface area (Å²) in [5, 5.41) is 8.24. The molecule has 0 unspecified atom stereocenters. The van der Waals surface area contributed by atoms with Gasteiger partial charge in [0.05, 0.1) is 26.3 Å². The number of carbonyl (C=O) groups excluding carboxylic acids is 3. The number of nitrogens with zero attached hydrogens (tertiary/aromatic N) is 4. The number of morpholine rings is 1. The van der Waals surface area contributed by atoms with Crippen LogP contribution >= 0.6 is 0 Å². The molecule has 0 atom stereocenters. The number of halogens is 1. The first-order valence-corrected chi connectivity index (χ1v) is 11.5. The Bertz CT molecular complexity index is 1100. The number of ether oxygens (including phenoxy) is 1. The first-order valence-electron chi connectivity index (χ1n) is 11.5. The van der Waals surface area contributed by atoms with Crippen molar-refractivity contribution in [3.63, 3.8) is 0 Å². The second-order valence-electron chi connectivity index (χ2n) is 8.48. The van der Waals surface area contributed by atoms with Crippen molar-refractivity contribution < 1.29 is 23.5 Å². The number of anilines is 2. The van der Waals surface area contributed by atoms with E-state index in [0.29, 0.717) is 24.5 Å². The molecule has 2 heterocycles. The van der Waals surface area contributed by atoms with Crippen molar-refractivity contribution in [2.24, 2.45) is 5.10 Å². The summed E-state index contributed by atoms with van der Waals surface area (Å²) in [6.07, 6.45) is 0.341. The first-order chi connectivity index (χ1) is 16.9. The quantitative estimate of drug-likeness (QED) is 0.655. The molecule has 2 aromatic rings. The fourth-order valence-corrected chi connectivity index (χ4v) is 3.93. The van der Waals surface area contributed by atoms with Crippen LogP contribution in [0.3, 0.4) is 0 Å². The highest BCUT2D eigenvalue weighted by molar-refractivity contribution is 6.39. The lowest BCUT2D eigenvalue weighted by Gasteiger charge is -2.29. The second kappa shape index (κ2) is 11.1. The van der Waals surface area contributed by atoms with Gasteiger partial charge in [-0.15, -0.1) is 0 Å². The number of hydrogen-bond donors (Lipinski definition) is 1. The molecule has 35 heavy (non-hydrogen) atoms.